The Labute approximate surface area is 194 Å². The van der Waals surface area contributed by atoms with E-state index in [2.05, 4.69) is 47.9 Å². The maximum absolute atomic E-state index is 12.4. The third-order valence-electron chi connectivity index (χ3n) is 6.67. The Kier molecular flexibility index (Phi) is 5.81. The minimum Gasteiger partial charge on any atom is -0.483 e. The zero-order valence-electron chi connectivity index (χ0n) is 19.0. The van der Waals surface area contributed by atoms with Gasteiger partial charge in [-0.3, -0.25) is 0 Å². The van der Waals surface area contributed by atoms with Gasteiger partial charge in [-0.05, 0) is 63.2 Å². The Bertz CT molecular complexity index is 1240. The smallest absolute Gasteiger partial charge is 0.338 e. The monoisotopic (exact) mass is 442 g/mol. The molecule has 0 saturated carbocycles. The molecule has 1 unspecified atom stereocenters. The molecule has 170 valence electrons. The van der Waals surface area contributed by atoms with Gasteiger partial charge in [0.2, 0.25) is 0 Å². The van der Waals surface area contributed by atoms with Crippen LogP contribution in [0.15, 0.2) is 88.1 Å². The van der Waals surface area contributed by atoms with Gasteiger partial charge in [0.25, 0.3) is 0 Å². The summed E-state index contributed by atoms with van der Waals surface area (Å²) in [5, 5.41) is 8.25. The van der Waals surface area contributed by atoms with Gasteiger partial charge in [0.15, 0.2) is 0 Å². The third kappa shape index (κ3) is 4.74. The number of benzene rings is 2. The number of piperidine rings is 1. The molecule has 0 spiro atoms. The van der Waals surface area contributed by atoms with Crippen LogP contribution >= 0.6 is 0 Å². The lowest BCUT2D eigenvalue weighted by atomic mass is 9.75. The highest BCUT2D eigenvalue weighted by molar-refractivity contribution is 5.90. The van der Waals surface area contributed by atoms with E-state index in [1.54, 1.807) is 6.07 Å². The van der Waals surface area contributed by atoms with E-state index in [0.717, 1.165) is 61.2 Å². The van der Waals surface area contributed by atoms with Crippen molar-refractivity contribution in [1.82, 2.24) is 5.32 Å². The molecule has 1 aliphatic heterocycles. The van der Waals surface area contributed by atoms with Gasteiger partial charge in [-0.25, -0.2) is 4.79 Å². The van der Waals surface area contributed by atoms with Crippen molar-refractivity contribution in [3.05, 3.63) is 94.9 Å². The van der Waals surface area contributed by atoms with Crippen molar-refractivity contribution in [3.63, 3.8) is 0 Å². The normalized spacial score (nSPS) is 21.7. The Morgan fingerprint density at radius 3 is 2.64 bits per heavy atom. The van der Waals surface area contributed by atoms with E-state index in [-0.39, 0.29) is 11.2 Å². The Morgan fingerprint density at radius 1 is 1.06 bits per heavy atom. The van der Waals surface area contributed by atoms with Crippen molar-refractivity contribution in [2.24, 2.45) is 0 Å². The molecule has 0 bridgehead atoms. The lowest BCUT2D eigenvalue weighted by Crippen LogP contribution is -2.54. The summed E-state index contributed by atoms with van der Waals surface area (Å²) in [6, 6.07) is 17.5. The molecule has 2 N–H and O–H groups in total. The second kappa shape index (κ2) is 8.91. The molecule has 1 atom stereocenters. The number of para-hydroxylation sites is 1. The molecule has 5 rings (SSSR count). The van der Waals surface area contributed by atoms with Crippen LogP contribution in [0.5, 0.6) is 5.75 Å². The average molecular weight is 443 g/mol. The molecule has 2 aliphatic rings. The second-order valence-electron chi connectivity index (χ2n) is 9.28. The van der Waals surface area contributed by atoms with Crippen LogP contribution in [0.25, 0.3) is 11.0 Å². The van der Waals surface area contributed by atoms with Crippen molar-refractivity contribution < 1.29 is 9.15 Å². The molecule has 1 saturated heterocycles. The van der Waals surface area contributed by atoms with Gasteiger partial charge in [-0.2, -0.15) is 0 Å². The third-order valence-corrected chi connectivity index (χ3v) is 6.67. The van der Waals surface area contributed by atoms with Crippen LogP contribution in [-0.2, 0) is 0 Å². The fourth-order valence-corrected chi connectivity index (χ4v) is 5.10. The molecule has 2 heterocycles. The van der Waals surface area contributed by atoms with E-state index in [1.807, 2.05) is 42.5 Å². The summed E-state index contributed by atoms with van der Waals surface area (Å²) in [5.41, 5.74) is 1.52. The fourth-order valence-electron chi connectivity index (χ4n) is 5.10. The van der Waals surface area contributed by atoms with Crippen LogP contribution in [0.3, 0.4) is 0 Å². The minimum absolute atomic E-state index is 0.236. The number of fused-ring (bicyclic) bond motifs is 1. The first-order valence-corrected chi connectivity index (χ1v) is 11.7. The maximum Gasteiger partial charge on any atom is 0.338 e. The first-order valence-electron chi connectivity index (χ1n) is 11.7. The minimum atomic E-state index is -0.467. The van der Waals surface area contributed by atoms with E-state index in [4.69, 9.17) is 9.15 Å². The molecule has 3 aromatic rings. The number of hydrogen-bond donors (Lipinski definition) is 2. The van der Waals surface area contributed by atoms with Crippen molar-refractivity contribution in [2.75, 3.05) is 18.4 Å². The van der Waals surface area contributed by atoms with Crippen LogP contribution in [-0.4, -0.2) is 24.2 Å². The summed E-state index contributed by atoms with van der Waals surface area (Å²) in [4.78, 5) is 12.4. The predicted octanol–water partition coefficient (Wildman–Crippen LogP) is 5.36. The first kappa shape index (κ1) is 21.5. The SMILES string of the molecule is Cc1ccc2oc(=O)cc(NC3(CC4(Oc5ccccc5)C=CC=CC4)CCNCC3)c2c1. The molecule has 2 aromatic carbocycles. The van der Waals surface area contributed by atoms with Gasteiger partial charge in [-0.1, -0.05) is 48.1 Å². The van der Waals surface area contributed by atoms with Crippen molar-refractivity contribution in [3.8, 4) is 5.75 Å². The number of ether oxygens (including phenoxy) is 1. The highest BCUT2D eigenvalue weighted by Gasteiger charge is 2.42. The molecule has 5 heteroatoms. The fraction of sp³-hybridized carbons (Fsp3) is 0.321. The Morgan fingerprint density at radius 2 is 1.88 bits per heavy atom. The lowest BCUT2D eigenvalue weighted by Gasteiger charge is -2.46. The van der Waals surface area contributed by atoms with Crippen LogP contribution in [0.4, 0.5) is 5.69 Å². The average Bonchev–Trinajstić information content (AvgIpc) is 2.81. The highest BCUT2D eigenvalue weighted by Crippen LogP contribution is 2.39. The maximum atomic E-state index is 12.4. The standard InChI is InChI=1S/C28H30N2O3/c1-21-10-11-25-23(18-21)24(19-26(31)32-25)30-27(14-16-29-17-15-27)20-28(12-6-3-7-13-28)33-22-8-4-2-5-9-22/h2-12,18-19,29-30H,13-17,20H2,1H3. The first-order chi connectivity index (χ1) is 16.0. The van der Waals surface area contributed by atoms with Crippen LogP contribution in [0, 0.1) is 6.92 Å². The zero-order chi connectivity index (χ0) is 22.7. The molecular formula is C28H30N2O3. The number of hydrogen-bond acceptors (Lipinski definition) is 5. The number of anilines is 1. The van der Waals surface area contributed by atoms with Crippen LogP contribution < -0.4 is 21.0 Å². The molecular weight excluding hydrogens is 412 g/mol. The molecule has 0 radical (unpaired) electrons. The van der Waals surface area contributed by atoms with Crippen molar-refractivity contribution in [1.29, 1.82) is 0 Å². The van der Waals surface area contributed by atoms with Crippen LogP contribution in [0.2, 0.25) is 0 Å². The van der Waals surface area contributed by atoms with Crippen LogP contribution in [0.1, 0.15) is 31.2 Å². The molecule has 1 aliphatic carbocycles. The summed E-state index contributed by atoms with van der Waals surface area (Å²) in [6.07, 6.45) is 12.0. The molecule has 1 fully saturated rings. The van der Waals surface area contributed by atoms with Gasteiger partial charge in [-0.15, -0.1) is 0 Å². The molecule has 0 amide bonds. The topological polar surface area (TPSA) is 63.5 Å². The summed E-state index contributed by atoms with van der Waals surface area (Å²) in [7, 11) is 0. The second-order valence-corrected chi connectivity index (χ2v) is 9.28. The number of rotatable bonds is 6. The van der Waals surface area contributed by atoms with E-state index < -0.39 is 5.60 Å². The number of nitrogens with one attached hydrogen (secondary N) is 2. The quantitative estimate of drug-likeness (QED) is 0.503. The van der Waals surface area contributed by atoms with Gasteiger partial charge in [0, 0.05) is 29.8 Å². The summed E-state index contributed by atoms with van der Waals surface area (Å²) in [5.74, 6) is 0.864. The van der Waals surface area contributed by atoms with Gasteiger partial charge in [0.05, 0.1) is 5.69 Å². The highest BCUT2D eigenvalue weighted by atomic mass is 16.5. The van der Waals surface area contributed by atoms with E-state index >= 15 is 0 Å². The predicted molar refractivity (Wildman–Crippen MR) is 133 cm³/mol. The van der Waals surface area contributed by atoms with Gasteiger partial charge < -0.3 is 19.8 Å². The van der Waals surface area contributed by atoms with Crippen molar-refractivity contribution in [2.45, 2.75) is 43.7 Å². The summed E-state index contributed by atoms with van der Waals surface area (Å²) in [6.45, 7) is 3.87. The Balaban J connectivity index is 1.53. The van der Waals surface area contributed by atoms with Crippen molar-refractivity contribution >= 4 is 16.7 Å². The van der Waals surface area contributed by atoms with E-state index in [1.165, 1.54) is 0 Å². The largest absolute Gasteiger partial charge is 0.483 e. The zero-order valence-corrected chi connectivity index (χ0v) is 19.0. The summed E-state index contributed by atoms with van der Waals surface area (Å²) < 4.78 is 12.1. The summed E-state index contributed by atoms with van der Waals surface area (Å²) >= 11 is 0. The lowest BCUT2D eigenvalue weighted by molar-refractivity contribution is 0.0789. The molecule has 5 nitrogen and oxygen atoms in total. The molecule has 33 heavy (non-hydrogen) atoms. The van der Waals surface area contributed by atoms with Gasteiger partial charge >= 0.3 is 5.63 Å². The number of allylic oxidation sites excluding steroid dienone is 2. The van der Waals surface area contributed by atoms with E-state index in [9.17, 15) is 4.79 Å². The molecule has 1 aromatic heterocycles. The number of aryl methyl sites for hydroxylation is 1. The Hall–Kier alpha value is -3.31. The van der Waals surface area contributed by atoms with Gasteiger partial charge in [0.1, 0.15) is 16.9 Å². The van der Waals surface area contributed by atoms with E-state index in [0.29, 0.717) is 5.58 Å².